The van der Waals surface area contributed by atoms with E-state index >= 15 is 0 Å². The van der Waals surface area contributed by atoms with Gasteiger partial charge in [0.15, 0.2) is 0 Å². The largest absolute Gasteiger partial charge is 0.543 e. The lowest BCUT2D eigenvalue weighted by molar-refractivity contribution is 0.511. The molecule has 0 saturated heterocycles. The quantitative estimate of drug-likeness (QED) is 0.276. The van der Waals surface area contributed by atoms with Crippen LogP contribution in [0.25, 0.3) is 0 Å². The molecule has 1 nitrogen and oxygen atoms in total. The van der Waals surface area contributed by atoms with Crippen LogP contribution in [0.15, 0.2) is 30.3 Å². The Kier molecular flexibility index (Phi) is 10.3. The number of hydrogen-bond acceptors (Lipinski definition) is 1. The van der Waals surface area contributed by atoms with E-state index in [1.807, 2.05) is 0 Å². The molecule has 2 heteroatoms. The van der Waals surface area contributed by atoms with E-state index in [1.54, 1.807) is 0 Å². The summed E-state index contributed by atoms with van der Waals surface area (Å²) < 4.78 is 6.65. The van der Waals surface area contributed by atoms with Crippen molar-refractivity contribution in [1.82, 2.24) is 0 Å². The van der Waals surface area contributed by atoms with E-state index in [2.05, 4.69) is 51.1 Å². The molecular weight excluding hydrogens is 284 g/mol. The van der Waals surface area contributed by atoms with Crippen molar-refractivity contribution in [3.8, 4) is 5.75 Å². The summed E-state index contributed by atoms with van der Waals surface area (Å²) in [6.45, 7) is 6.93. The van der Waals surface area contributed by atoms with Crippen LogP contribution in [0.2, 0.25) is 18.1 Å². The zero-order chi connectivity index (χ0) is 16.1. The number of rotatable bonds is 13. The molecule has 126 valence electrons. The van der Waals surface area contributed by atoms with Crippen LogP contribution in [0.5, 0.6) is 5.75 Å². The lowest BCUT2D eigenvalue weighted by atomic mass is 10.2. The summed E-state index contributed by atoms with van der Waals surface area (Å²) in [7, 11) is -1.61. The Morgan fingerprint density at radius 1 is 0.727 bits per heavy atom. The minimum atomic E-state index is -1.61. The molecule has 0 atom stereocenters. The summed E-state index contributed by atoms with van der Waals surface area (Å²) in [5.74, 6) is 1.10. The zero-order valence-corrected chi connectivity index (χ0v) is 16.1. The van der Waals surface area contributed by atoms with Gasteiger partial charge in [-0.05, 0) is 30.3 Å². The van der Waals surface area contributed by atoms with E-state index in [0.717, 1.165) is 5.75 Å². The van der Waals surface area contributed by atoms with Crippen LogP contribution in [-0.2, 0) is 0 Å². The van der Waals surface area contributed by atoms with Gasteiger partial charge in [-0.1, -0.05) is 90.3 Å². The molecule has 0 aliphatic heterocycles. The fourth-order valence-electron chi connectivity index (χ4n) is 3.14. The normalized spacial score (nSPS) is 11.6. The molecule has 0 N–H and O–H groups in total. The minimum Gasteiger partial charge on any atom is -0.543 e. The Bertz CT molecular complexity index is 351. The van der Waals surface area contributed by atoms with E-state index in [1.165, 1.54) is 69.5 Å². The molecule has 0 heterocycles. The van der Waals surface area contributed by atoms with E-state index in [4.69, 9.17) is 4.43 Å². The fraction of sp³-hybridized carbons (Fsp3) is 0.700. The Balaban J connectivity index is 2.62. The lowest BCUT2D eigenvalue weighted by Gasteiger charge is -2.31. The topological polar surface area (TPSA) is 9.23 Å². The molecule has 0 spiro atoms. The first-order valence-corrected chi connectivity index (χ1v) is 12.0. The van der Waals surface area contributed by atoms with Crippen LogP contribution in [0, 0.1) is 0 Å². The van der Waals surface area contributed by atoms with Crippen molar-refractivity contribution in [1.29, 1.82) is 0 Å². The van der Waals surface area contributed by atoms with Crippen molar-refractivity contribution < 1.29 is 4.43 Å². The van der Waals surface area contributed by atoms with Gasteiger partial charge in [-0.3, -0.25) is 0 Å². The highest BCUT2D eigenvalue weighted by atomic mass is 28.4. The molecule has 0 bridgehead atoms. The van der Waals surface area contributed by atoms with Gasteiger partial charge in [-0.2, -0.15) is 0 Å². The third-order valence-electron chi connectivity index (χ3n) is 4.69. The van der Waals surface area contributed by atoms with E-state index in [0.29, 0.717) is 0 Å². The van der Waals surface area contributed by atoms with Crippen LogP contribution >= 0.6 is 0 Å². The maximum absolute atomic E-state index is 6.65. The monoisotopic (exact) mass is 320 g/mol. The highest BCUT2D eigenvalue weighted by Crippen LogP contribution is 2.30. The first kappa shape index (κ1) is 19.3. The second-order valence-electron chi connectivity index (χ2n) is 6.57. The van der Waals surface area contributed by atoms with Gasteiger partial charge in [0.25, 0.3) is 8.32 Å². The predicted octanol–water partition coefficient (Wildman–Crippen LogP) is 7.19. The molecule has 0 amide bonds. The Labute approximate surface area is 139 Å². The lowest BCUT2D eigenvalue weighted by Crippen LogP contribution is -2.40. The standard InChI is InChI=1S/C20H36OSi/c1-4-7-9-14-18-22(6-3,19-15-10-8-5-2)21-20-16-12-11-13-17-20/h11-13,16-17H,4-10,14-15,18-19H2,1-3H3. The number of unbranched alkanes of at least 4 members (excludes halogenated alkanes) is 6. The highest BCUT2D eigenvalue weighted by Gasteiger charge is 2.33. The SMILES string of the molecule is CCCCCC[Si](CC)(CCCCCC)Oc1ccccc1. The molecule has 1 aromatic rings. The van der Waals surface area contributed by atoms with Crippen molar-refractivity contribution in [2.45, 2.75) is 90.3 Å². The molecule has 0 unspecified atom stereocenters. The van der Waals surface area contributed by atoms with Crippen LogP contribution in [-0.4, -0.2) is 8.32 Å². The van der Waals surface area contributed by atoms with Crippen molar-refractivity contribution >= 4 is 8.32 Å². The van der Waals surface area contributed by atoms with Gasteiger partial charge in [-0.15, -0.1) is 0 Å². The van der Waals surface area contributed by atoms with Gasteiger partial charge in [0.2, 0.25) is 0 Å². The number of para-hydroxylation sites is 1. The Hall–Kier alpha value is -0.763. The molecule has 0 aliphatic carbocycles. The zero-order valence-electron chi connectivity index (χ0n) is 15.1. The van der Waals surface area contributed by atoms with Crippen LogP contribution < -0.4 is 4.43 Å². The van der Waals surface area contributed by atoms with Gasteiger partial charge in [0.05, 0.1) is 0 Å². The molecule has 0 fully saturated rings. The van der Waals surface area contributed by atoms with Crippen molar-refractivity contribution in [2.24, 2.45) is 0 Å². The van der Waals surface area contributed by atoms with Crippen LogP contribution in [0.4, 0.5) is 0 Å². The maximum atomic E-state index is 6.65. The molecular formula is C20H36OSi. The highest BCUT2D eigenvalue weighted by molar-refractivity contribution is 6.74. The van der Waals surface area contributed by atoms with Gasteiger partial charge >= 0.3 is 0 Å². The number of benzene rings is 1. The second-order valence-corrected chi connectivity index (χ2v) is 10.9. The minimum absolute atomic E-state index is 1.10. The smallest absolute Gasteiger partial charge is 0.251 e. The summed E-state index contributed by atoms with van der Waals surface area (Å²) in [5, 5.41) is 0. The van der Waals surface area contributed by atoms with Gasteiger partial charge in [0.1, 0.15) is 5.75 Å². The Morgan fingerprint density at radius 2 is 1.27 bits per heavy atom. The van der Waals surface area contributed by atoms with Gasteiger partial charge < -0.3 is 4.43 Å². The Morgan fingerprint density at radius 3 is 1.73 bits per heavy atom. The van der Waals surface area contributed by atoms with Crippen LogP contribution in [0.1, 0.15) is 72.1 Å². The summed E-state index contributed by atoms with van der Waals surface area (Å²) in [4.78, 5) is 0. The molecule has 0 aliphatic rings. The first-order valence-electron chi connectivity index (χ1n) is 9.50. The van der Waals surface area contributed by atoms with E-state index in [-0.39, 0.29) is 0 Å². The van der Waals surface area contributed by atoms with Gasteiger partial charge in [-0.25, -0.2) is 0 Å². The molecule has 22 heavy (non-hydrogen) atoms. The summed E-state index contributed by atoms with van der Waals surface area (Å²) in [5.41, 5.74) is 0. The predicted molar refractivity (Wildman–Crippen MR) is 101 cm³/mol. The van der Waals surface area contributed by atoms with Crippen molar-refractivity contribution in [3.05, 3.63) is 30.3 Å². The maximum Gasteiger partial charge on any atom is 0.251 e. The molecule has 0 radical (unpaired) electrons. The van der Waals surface area contributed by atoms with Crippen molar-refractivity contribution in [2.75, 3.05) is 0 Å². The average Bonchev–Trinajstić information content (AvgIpc) is 2.56. The first-order chi connectivity index (χ1) is 10.8. The van der Waals surface area contributed by atoms with Gasteiger partial charge in [0, 0.05) is 0 Å². The number of hydrogen-bond donors (Lipinski definition) is 0. The fourth-order valence-corrected chi connectivity index (χ4v) is 6.87. The average molecular weight is 321 g/mol. The van der Waals surface area contributed by atoms with E-state index < -0.39 is 8.32 Å². The molecule has 1 aromatic carbocycles. The third kappa shape index (κ3) is 7.48. The summed E-state index contributed by atoms with van der Waals surface area (Å²) in [6.07, 6.45) is 10.8. The summed E-state index contributed by atoms with van der Waals surface area (Å²) >= 11 is 0. The van der Waals surface area contributed by atoms with E-state index in [9.17, 15) is 0 Å². The molecule has 0 saturated carbocycles. The summed E-state index contributed by atoms with van der Waals surface area (Å²) in [6, 6.07) is 14.5. The molecule has 1 rings (SSSR count). The van der Waals surface area contributed by atoms with Crippen molar-refractivity contribution in [3.63, 3.8) is 0 Å². The van der Waals surface area contributed by atoms with Crippen LogP contribution in [0.3, 0.4) is 0 Å². The second kappa shape index (κ2) is 11.8. The third-order valence-corrected chi connectivity index (χ3v) is 9.18. The molecule has 0 aromatic heterocycles.